The van der Waals surface area contributed by atoms with E-state index in [1.54, 1.807) is 42.5 Å². The van der Waals surface area contributed by atoms with Crippen LogP contribution in [0.3, 0.4) is 0 Å². The van der Waals surface area contributed by atoms with Gasteiger partial charge in [-0.15, -0.1) is 0 Å². The molecule has 0 N–H and O–H groups in total. The molecule has 0 fully saturated rings. The minimum Gasteiger partial charge on any atom is -0.493 e. The standard InChI is InChI=1S/C31H24O9/c1-15-5-8-21-19(11-15)27(33)20(14-38-21)18-13-25(32)39-22-10-7-17-28(34)24(40-30(17)26(18)22)12-16-6-9-23(35-2)31(37-4)29(16)36-3/h5-12,14,18H,13H2,1-4H3/b24-12-. The van der Waals surface area contributed by atoms with Gasteiger partial charge in [0.25, 0.3) is 0 Å². The monoisotopic (exact) mass is 540 g/mol. The van der Waals surface area contributed by atoms with Gasteiger partial charge in [0.2, 0.25) is 11.5 Å². The largest absolute Gasteiger partial charge is 0.493 e. The van der Waals surface area contributed by atoms with Crippen LogP contribution in [0, 0.1) is 6.92 Å². The van der Waals surface area contributed by atoms with E-state index in [9.17, 15) is 14.4 Å². The molecular weight excluding hydrogens is 516 g/mol. The summed E-state index contributed by atoms with van der Waals surface area (Å²) in [6.07, 6.45) is 2.80. The third kappa shape index (κ3) is 3.89. The second kappa shape index (κ2) is 9.60. The van der Waals surface area contributed by atoms with Crippen molar-refractivity contribution in [3.63, 3.8) is 0 Å². The molecule has 40 heavy (non-hydrogen) atoms. The van der Waals surface area contributed by atoms with Crippen molar-refractivity contribution in [3.8, 4) is 28.7 Å². The van der Waals surface area contributed by atoms with Crippen LogP contribution in [0.4, 0.5) is 0 Å². The number of hydrogen-bond acceptors (Lipinski definition) is 9. The van der Waals surface area contributed by atoms with E-state index in [0.29, 0.717) is 39.3 Å². The Labute approximate surface area is 228 Å². The molecule has 2 aliphatic heterocycles. The number of carbonyl (C=O) groups is 2. The lowest BCUT2D eigenvalue weighted by atomic mass is 9.85. The first-order chi connectivity index (χ1) is 19.3. The Morgan fingerprint density at radius 3 is 2.45 bits per heavy atom. The lowest BCUT2D eigenvalue weighted by Crippen LogP contribution is -2.25. The molecule has 0 saturated heterocycles. The van der Waals surface area contributed by atoms with Crippen LogP contribution < -0.4 is 29.1 Å². The second-order valence-corrected chi connectivity index (χ2v) is 9.47. The molecule has 202 valence electrons. The Bertz CT molecular complexity index is 1810. The number of ketones is 1. The van der Waals surface area contributed by atoms with Crippen molar-refractivity contribution in [2.24, 2.45) is 0 Å². The molecule has 9 nitrogen and oxygen atoms in total. The maximum Gasteiger partial charge on any atom is 0.312 e. The number of aryl methyl sites for hydroxylation is 1. The normalized spacial score (nSPS) is 16.8. The van der Waals surface area contributed by atoms with Gasteiger partial charge in [0.15, 0.2) is 22.7 Å². The quantitative estimate of drug-likeness (QED) is 0.192. The van der Waals surface area contributed by atoms with Crippen LogP contribution in [-0.4, -0.2) is 33.1 Å². The van der Waals surface area contributed by atoms with E-state index in [0.717, 1.165) is 5.56 Å². The Balaban J connectivity index is 1.48. The van der Waals surface area contributed by atoms with Gasteiger partial charge in [0.1, 0.15) is 17.1 Å². The first-order valence-electron chi connectivity index (χ1n) is 12.5. The molecule has 1 aromatic heterocycles. The van der Waals surface area contributed by atoms with Crippen molar-refractivity contribution < 1.29 is 37.7 Å². The van der Waals surface area contributed by atoms with Crippen molar-refractivity contribution in [3.05, 3.63) is 92.5 Å². The van der Waals surface area contributed by atoms with Crippen molar-refractivity contribution in [1.82, 2.24) is 0 Å². The highest BCUT2D eigenvalue weighted by Gasteiger charge is 2.40. The SMILES string of the molecule is COc1ccc(/C=C2\Oc3c(ccc4c3C(c3coc5ccc(C)cc5c3=O)CC(=O)O4)C2=O)c(OC)c1OC. The highest BCUT2D eigenvalue weighted by Crippen LogP contribution is 2.49. The molecule has 6 rings (SSSR count). The molecule has 0 radical (unpaired) electrons. The summed E-state index contributed by atoms with van der Waals surface area (Å²) in [7, 11) is 4.49. The molecule has 0 bridgehead atoms. The lowest BCUT2D eigenvalue weighted by Gasteiger charge is -2.25. The fourth-order valence-electron chi connectivity index (χ4n) is 5.25. The minimum atomic E-state index is -0.741. The fourth-order valence-corrected chi connectivity index (χ4v) is 5.25. The average Bonchev–Trinajstić information content (AvgIpc) is 3.27. The van der Waals surface area contributed by atoms with Crippen molar-refractivity contribution in [1.29, 1.82) is 0 Å². The van der Waals surface area contributed by atoms with Gasteiger partial charge in [-0.2, -0.15) is 0 Å². The fraction of sp³-hybridized carbons (Fsp3) is 0.194. The van der Waals surface area contributed by atoms with Gasteiger partial charge in [-0.25, -0.2) is 0 Å². The van der Waals surface area contributed by atoms with Crippen molar-refractivity contribution in [2.75, 3.05) is 21.3 Å². The predicted octanol–water partition coefficient (Wildman–Crippen LogP) is 5.18. The van der Waals surface area contributed by atoms with E-state index in [1.807, 2.05) is 13.0 Å². The molecule has 2 aliphatic rings. The first kappa shape index (κ1) is 25.2. The van der Waals surface area contributed by atoms with E-state index < -0.39 is 11.9 Å². The van der Waals surface area contributed by atoms with Crippen LogP contribution in [0.15, 0.2) is 63.7 Å². The maximum atomic E-state index is 13.6. The predicted molar refractivity (Wildman–Crippen MR) is 145 cm³/mol. The van der Waals surface area contributed by atoms with E-state index in [4.69, 9.17) is 28.1 Å². The van der Waals surface area contributed by atoms with Gasteiger partial charge < -0.3 is 28.1 Å². The summed E-state index contributed by atoms with van der Waals surface area (Å²) in [6.45, 7) is 1.88. The van der Waals surface area contributed by atoms with E-state index in [2.05, 4.69) is 0 Å². The molecular formula is C31H24O9. The number of methoxy groups -OCH3 is 3. The number of hydrogen-bond donors (Lipinski definition) is 0. The number of fused-ring (bicyclic) bond motifs is 4. The molecule has 1 unspecified atom stereocenters. The molecule has 0 saturated carbocycles. The summed E-state index contributed by atoms with van der Waals surface area (Å²) in [5.41, 5.74) is 2.61. The van der Waals surface area contributed by atoms with Crippen LogP contribution in [0.2, 0.25) is 0 Å². The lowest BCUT2D eigenvalue weighted by molar-refractivity contribution is -0.135. The maximum absolute atomic E-state index is 13.6. The Morgan fingerprint density at radius 1 is 0.900 bits per heavy atom. The topological polar surface area (TPSA) is 111 Å². The van der Waals surface area contributed by atoms with E-state index >= 15 is 0 Å². The number of allylic oxidation sites excluding steroid dienone is 1. The zero-order valence-electron chi connectivity index (χ0n) is 22.2. The van der Waals surface area contributed by atoms with Crippen LogP contribution in [0.25, 0.3) is 17.0 Å². The summed E-state index contributed by atoms with van der Waals surface area (Å²) in [5, 5.41) is 0.406. The number of carbonyl (C=O) groups excluding carboxylic acids is 2. The summed E-state index contributed by atoms with van der Waals surface area (Å²) < 4.78 is 33.8. The number of rotatable bonds is 5. The van der Waals surface area contributed by atoms with E-state index in [1.165, 1.54) is 27.6 Å². The van der Waals surface area contributed by atoms with Crippen LogP contribution in [0.5, 0.6) is 28.7 Å². The molecule has 0 aliphatic carbocycles. The summed E-state index contributed by atoms with van der Waals surface area (Å²) >= 11 is 0. The molecule has 9 heteroatoms. The van der Waals surface area contributed by atoms with Crippen molar-refractivity contribution >= 4 is 28.8 Å². The first-order valence-corrected chi connectivity index (χ1v) is 12.5. The molecule has 0 amide bonds. The third-order valence-corrected chi connectivity index (χ3v) is 7.13. The zero-order valence-corrected chi connectivity index (χ0v) is 22.2. The van der Waals surface area contributed by atoms with Crippen LogP contribution >= 0.6 is 0 Å². The number of esters is 1. The number of benzene rings is 3. The summed E-state index contributed by atoms with van der Waals surface area (Å²) in [6, 6.07) is 11.8. The highest BCUT2D eigenvalue weighted by molar-refractivity contribution is 6.15. The molecule has 3 aromatic carbocycles. The Kier molecular flexibility index (Phi) is 6.06. The number of Topliss-reactive ketones (excluding diaryl/α,β-unsaturated/α-hetero) is 1. The van der Waals surface area contributed by atoms with Gasteiger partial charge in [-0.3, -0.25) is 14.4 Å². The van der Waals surface area contributed by atoms with Crippen LogP contribution in [-0.2, 0) is 4.79 Å². The summed E-state index contributed by atoms with van der Waals surface area (Å²) in [5.74, 6) is 0.0655. The smallest absolute Gasteiger partial charge is 0.312 e. The average molecular weight is 541 g/mol. The Hall–Kier alpha value is -5.05. The van der Waals surface area contributed by atoms with Gasteiger partial charge >= 0.3 is 5.97 Å². The van der Waals surface area contributed by atoms with E-state index in [-0.39, 0.29) is 46.0 Å². The van der Waals surface area contributed by atoms with Gasteiger partial charge in [0, 0.05) is 22.6 Å². The van der Waals surface area contributed by atoms with Crippen molar-refractivity contribution in [2.45, 2.75) is 19.3 Å². The molecule has 4 aromatic rings. The molecule has 1 atom stereocenters. The third-order valence-electron chi connectivity index (χ3n) is 7.13. The van der Waals surface area contributed by atoms with Gasteiger partial charge in [0.05, 0.1) is 45.0 Å². The summed E-state index contributed by atoms with van der Waals surface area (Å²) in [4.78, 5) is 39.6. The highest BCUT2D eigenvalue weighted by atomic mass is 16.5. The molecule has 3 heterocycles. The van der Waals surface area contributed by atoms with Gasteiger partial charge in [-0.05, 0) is 49.4 Å². The van der Waals surface area contributed by atoms with Crippen LogP contribution in [0.1, 0.15) is 45.0 Å². The Morgan fingerprint density at radius 2 is 1.70 bits per heavy atom. The van der Waals surface area contributed by atoms with Gasteiger partial charge in [-0.1, -0.05) is 11.6 Å². The zero-order chi connectivity index (χ0) is 28.1. The molecule has 0 spiro atoms. The second-order valence-electron chi connectivity index (χ2n) is 9.47. The number of ether oxygens (including phenoxy) is 5. The minimum absolute atomic E-state index is 0.0331.